The van der Waals surface area contributed by atoms with Crippen LogP contribution in [0.2, 0.25) is 0 Å². The smallest absolute Gasteiger partial charge is 0.234 e. The molecule has 2 aliphatic rings. The first-order chi connectivity index (χ1) is 15.0. The second-order valence-corrected chi connectivity index (χ2v) is 10.3. The molecule has 3 aromatic carbocycles. The summed E-state index contributed by atoms with van der Waals surface area (Å²) in [5.74, 6) is 0.725. The van der Waals surface area contributed by atoms with Crippen molar-refractivity contribution in [3.8, 4) is 11.5 Å². The molecule has 0 aliphatic carbocycles. The largest absolute Gasteiger partial charge is 0.457 e. The first kappa shape index (κ1) is 19.8. The van der Waals surface area contributed by atoms with Crippen LogP contribution in [0, 0.1) is 0 Å². The van der Waals surface area contributed by atoms with Gasteiger partial charge in [0.25, 0.3) is 0 Å². The third kappa shape index (κ3) is 3.61. The van der Waals surface area contributed by atoms with Crippen LogP contribution in [0.15, 0.2) is 78.9 Å². The number of sulfone groups is 1. The van der Waals surface area contributed by atoms with Gasteiger partial charge in [0.1, 0.15) is 11.5 Å². The van der Waals surface area contributed by atoms with E-state index in [2.05, 4.69) is 0 Å². The van der Waals surface area contributed by atoms with Crippen molar-refractivity contribution in [2.75, 3.05) is 18.8 Å². The van der Waals surface area contributed by atoms with Gasteiger partial charge in [0, 0.05) is 24.2 Å². The topological polar surface area (TPSA) is 63.7 Å². The van der Waals surface area contributed by atoms with E-state index in [4.69, 9.17) is 4.74 Å². The standard InChI is InChI=1S/C25H23NO4S/c27-25(24-19-10-4-6-12-21(19)30-22-13-7-5-11-20(22)24)26-15-14-23(31(28,29)17-16-26)18-8-2-1-3-9-18/h1-13,23-24H,14-17H2. The van der Waals surface area contributed by atoms with Gasteiger partial charge in [0.15, 0.2) is 9.84 Å². The second-order valence-electron chi connectivity index (χ2n) is 7.99. The lowest BCUT2D eigenvalue weighted by Gasteiger charge is -2.31. The molecular formula is C25H23NO4S. The molecule has 1 fully saturated rings. The van der Waals surface area contributed by atoms with Gasteiger partial charge in [-0.3, -0.25) is 4.79 Å². The van der Waals surface area contributed by atoms with E-state index in [1.165, 1.54) is 0 Å². The molecule has 1 atom stereocenters. The lowest BCUT2D eigenvalue weighted by Crippen LogP contribution is -2.38. The summed E-state index contributed by atoms with van der Waals surface area (Å²) in [6.45, 7) is 0.603. The molecule has 5 rings (SSSR count). The summed E-state index contributed by atoms with van der Waals surface area (Å²) in [5.41, 5.74) is 2.43. The molecule has 0 spiro atoms. The molecule has 3 aromatic rings. The minimum absolute atomic E-state index is 0.0369. The predicted octanol–water partition coefficient (Wildman–Crippen LogP) is 4.31. The summed E-state index contributed by atoms with van der Waals surface area (Å²) in [6.07, 6.45) is 0.393. The number of amides is 1. The molecule has 1 amide bonds. The van der Waals surface area contributed by atoms with Gasteiger partial charge in [0.2, 0.25) is 5.91 Å². The first-order valence-electron chi connectivity index (χ1n) is 10.5. The van der Waals surface area contributed by atoms with Crippen LogP contribution < -0.4 is 4.74 Å². The Balaban J connectivity index is 1.48. The molecule has 5 nitrogen and oxygen atoms in total. The Morgan fingerprint density at radius 2 is 1.39 bits per heavy atom. The third-order valence-electron chi connectivity index (χ3n) is 6.15. The molecule has 1 saturated heterocycles. The van der Waals surface area contributed by atoms with Gasteiger partial charge in [0.05, 0.1) is 16.9 Å². The predicted molar refractivity (Wildman–Crippen MR) is 119 cm³/mol. The van der Waals surface area contributed by atoms with Crippen LogP contribution >= 0.6 is 0 Å². The maximum Gasteiger partial charge on any atom is 0.234 e. The number of carbonyl (C=O) groups is 1. The zero-order valence-corrected chi connectivity index (χ0v) is 17.8. The van der Waals surface area contributed by atoms with Crippen LogP contribution in [0.1, 0.15) is 34.3 Å². The van der Waals surface area contributed by atoms with Gasteiger partial charge < -0.3 is 9.64 Å². The lowest BCUT2D eigenvalue weighted by atomic mass is 9.86. The van der Waals surface area contributed by atoms with Crippen molar-refractivity contribution in [2.45, 2.75) is 17.6 Å². The average molecular weight is 434 g/mol. The van der Waals surface area contributed by atoms with Crippen molar-refractivity contribution in [1.29, 1.82) is 0 Å². The van der Waals surface area contributed by atoms with Gasteiger partial charge in [-0.25, -0.2) is 8.42 Å². The summed E-state index contributed by atoms with van der Waals surface area (Å²) in [5, 5.41) is -0.583. The van der Waals surface area contributed by atoms with Crippen LogP contribution in [-0.4, -0.2) is 38.1 Å². The number of hydrogen-bond acceptors (Lipinski definition) is 4. The molecular weight excluding hydrogens is 410 g/mol. The SMILES string of the molecule is O=C(C1c2ccccc2Oc2ccccc21)N1CCC(c2ccccc2)S(=O)(=O)CC1. The Morgan fingerprint density at radius 1 is 0.806 bits per heavy atom. The fourth-order valence-electron chi connectivity index (χ4n) is 4.56. The second kappa shape index (κ2) is 7.85. The highest BCUT2D eigenvalue weighted by Gasteiger charge is 2.38. The van der Waals surface area contributed by atoms with E-state index in [9.17, 15) is 13.2 Å². The van der Waals surface area contributed by atoms with Crippen LogP contribution in [0.5, 0.6) is 11.5 Å². The summed E-state index contributed by atoms with van der Waals surface area (Å²) in [4.78, 5) is 15.5. The van der Waals surface area contributed by atoms with Crippen molar-refractivity contribution < 1.29 is 17.9 Å². The molecule has 1 unspecified atom stereocenters. The molecule has 0 saturated carbocycles. The average Bonchev–Trinajstić information content (AvgIpc) is 2.95. The molecule has 0 N–H and O–H groups in total. The minimum Gasteiger partial charge on any atom is -0.457 e. The quantitative estimate of drug-likeness (QED) is 0.604. The van der Waals surface area contributed by atoms with Crippen LogP contribution in [-0.2, 0) is 14.6 Å². The van der Waals surface area contributed by atoms with Gasteiger partial charge in [-0.15, -0.1) is 0 Å². The van der Waals surface area contributed by atoms with E-state index in [0.717, 1.165) is 16.7 Å². The van der Waals surface area contributed by atoms with E-state index >= 15 is 0 Å². The minimum atomic E-state index is -3.35. The van der Waals surface area contributed by atoms with Crippen molar-refractivity contribution in [2.24, 2.45) is 0 Å². The molecule has 0 radical (unpaired) electrons. The number of nitrogens with zero attached hydrogens (tertiary/aromatic N) is 1. The van der Waals surface area contributed by atoms with E-state index in [1.807, 2.05) is 78.9 Å². The Labute approximate surface area is 182 Å². The highest BCUT2D eigenvalue weighted by Crippen LogP contribution is 2.45. The van der Waals surface area contributed by atoms with E-state index in [1.54, 1.807) is 4.90 Å². The fraction of sp³-hybridized carbons (Fsp3) is 0.240. The van der Waals surface area contributed by atoms with Crippen molar-refractivity contribution in [1.82, 2.24) is 4.90 Å². The van der Waals surface area contributed by atoms with Gasteiger partial charge in [-0.05, 0) is 24.1 Å². The van der Waals surface area contributed by atoms with Crippen molar-refractivity contribution >= 4 is 15.7 Å². The molecule has 2 heterocycles. The monoisotopic (exact) mass is 433 g/mol. The number of para-hydroxylation sites is 2. The zero-order valence-electron chi connectivity index (χ0n) is 17.0. The number of hydrogen-bond donors (Lipinski definition) is 0. The summed E-state index contributed by atoms with van der Waals surface area (Å²) in [7, 11) is -3.35. The van der Waals surface area contributed by atoms with E-state index < -0.39 is 21.0 Å². The lowest BCUT2D eigenvalue weighted by molar-refractivity contribution is -0.131. The van der Waals surface area contributed by atoms with Gasteiger partial charge in [-0.2, -0.15) is 0 Å². The zero-order chi connectivity index (χ0) is 21.4. The maximum absolute atomic E-state index is 13.8. The number of fused-ring (bicyclic) bond motifs is 2. The van der Waals surface area contributed by atoms with E-state index in [0.29, 0.717) is 24.5 Å². The number of ether oxygens (including phenoxy) is 1. The van der Waals surface area contributed by atoms with E-state index in [-0.39, 0.29) is 18.2 Å². The maximum atomic E-state index is 13.8. The Hall–Kier alpha value is -3.12. The van der Waals surface area contributed by atoms with Gasteiger partial charge in [-0.1, -0.05) is 66.7 Å². The number of rotatable bonds is 2. The van der Waals surface area contributed by atoms with Crippen molar-refractivity contribution in [3.63, 3.8) is 0 Å². The van der Waals surface area contributed by atoms with Crippen LogP contribution in [0.25, 0.3) is 0 Å². The van der Waals surface area contributed by atoms with Crippen molar-refractivity contribution in [3.05, 3.63) is 95.6 Å². The third-order valence-corrected chi connectivity index (χ3v) is 8.28. The fourth-order valence-corrected chi connectivity index (χ4v) is 6.36. The highest BCUT2D eigenvalue weighted by molar-refractivity contribution is 7.91. The summed E-state index contributed by atoms with van der Waals surface area (Å²) in [6, 6.07) is 24.4. The Kier molecular flexibility index (Phi) is 5.02. The normalized spacial score (nSPS) is 20.1. The molecule has 158 valence electrons. The highest BCUT2D eigenvalue weighted by atomic mass is 32.2. The van der Waals surface area contributed by atoms with Crippen LogP contribution in [0.4, 0.5) is 0 Å². The Morgan fingerprint density at radius 3 is 2.03 bits per heavy atom. The molecule has 0 aromatic heterocycles. The summed E-state index contributed by atoms with van der Waals surface area (Å²) < 4.78 is 32.0. The Bertz CT molecular complexity index is 1180. The molecule has 0 bridgehead atoms. The number of carbonyl (C=O) groups excluding carboxylic acids is 1. The molecule has 6 heteroatoms. The van der Waals surface area contributed by atoms with Gasteiger partial charge >= 0.3 is 0 Å². The number of benzene rings is 3. The summed E-state index contributed by atoms with van der Waals surface area (Å²) >= 11 is 0. The molecule has 31 heavy (non-hydrogen) atoms. The molecule has 2 aliphatic heterocycles. The van der Waals surface area contributed by atoms with Crippen LogP contribution in [0.3, 0.4) is 0 Å². The first-order valence-corrected chi connectivity index (χ1v) is 12.2.